The molecule has 0 heterocycles. The van der Waals surface area contributed by atoms with Crippen LogP contribution in [0.15, 0.2) is 60.7 Å². The highest BCUT2D eigenvalue weighted by Crippen LogP contribution is 2.35. The molecule has 4 aromatic rings. The molecule has 0 saturated carbocycles. The summed E-state index contributed by atoms with van der Waals surface area (Å²) in [5, 5.41) is -0.252. The van der Waals surface area contributed by atoms with E-state index in [1.165, 1.54) is 18.2 Å². The van der Waals surface area contributed by atoms with Crippen LogP contribution in [0, 0.1) is 29.1 Å². The molecule has 0 aliphatic carbocycles. The van der Waals surface area contributed by atoms with Gasteiger partial charge in [-0.15, -0.1) is 0 Å². The maximum Gasteiger partial charge on any atom is 0.271 e. The molecular formula is C29H21F7. The molecule has 7 heteroatoms. The summed E-state index contributed by atoms with van der Waals surface area (Å²) in [6, 6.07) is 10.9. The first-order valence-corrected chi connectivity index (χ1v) is 11.4. The fourth-order valence-corrected chi connectivity index (χ4v) is 4.27. The van der Waals surface area contributed by atoms with Crippen molar-refractivity contribution in [2.24, 2.45) is 0 Å². The molecule has 0 aliphatic heterocycles. The maximum atomic E-state index is 15.1. The van der Waals surface area contributed by atoms with E-state index in [-0.39, 0.29) is 33.5 Å². The van der Waals surface area contributed by atoms with Crippen molar-refractivity contribution < 1.29 is 30.7 Å². The lowest BCUT2D eigenvalue weighted by Crippen LogP contribution is -1.96. The van der Waals surface area contributed by atoms with Gasteiger partial charge in [-0.05, 0) is 65.3 Å². The van der Waals surface area contributed by atoms with Gasteiger partial charge in [-0.25, -0.2) is 22.0 Å². The zero-order chi connectivity index (χ0) is 26.0. The van der Waals surface area contributed by atoms with E-state index < -0.39 is 46.3 Å². The Morgan fingerprint density at radius 1 is 0.722 bits per heavy atom. The van der Waals surface area contributed by atoms with Crippen molar-refractivity contribution >= 4 is 16.8 Å². The Bertz CT molecular complexity index is 1440. The van der Waals surface area contributed by atoms with Crippen molar-refractivity contribution in [2.75, 3.05) is 0 Å². The monoisotopic (exact) mass is 502 g/mol. The fourth-order valence-electron chi connectivity index (χ4n) is 4.27. The van der Waals surface area contributed by atoms with Crippen LogP contribution in [-0.2, 0) is 6.42 Å². The standard InChI is InChI=1S/C29H21F7/c1-2-3-4-5-16-6-8-20(23(30)10-16)19-13-25(32)28(26(33)14-19)17-7-9-21-18(11-17)12-24(31)22(29(21)36)15-27(34)35/h6-15H,2-5H2,1H3. The second kappa shape index (κ2) is 10.6. The van der Waals surface area contributed by atoms with Gasteiger partial charge in [0.1, 0.15) is 29.1 Å². The first kappa shape index (κ1) is 25.5. The highest BCUT2D eigenvalue weighted by molar-refractivity contribution is 5.90. The molecule has 0 nitrogen and oxygen atoms in total. The minimum atomic E-state index is -2.27. The number of fused-ring (bicyclic) bond motifs is 1. The number of hydrogen-bond donors (Lipinski definition) is 0. The second-order valence-electron chi connectivity index (χ2n) is 8.54. The molecule has 0 N–H and O–H groups in total. The summed E-state index contributed by atoms with van der Waals surface area (Å²) in [4.78, 5) is 0. The molecule has 0 bridgehead atoms. The fraction of sp³-hybridized carbons (Fsp3) is 0.172. The topological polar surface area (TPSA) is 0 Å². The number of aryl methyl sites for hydroxylation is 1. The molecule has 186 valence electrons. The quantitative estimate of drug-likeness (QED) is 0.174. The first-order valence-electron chi connectivity index (χ1n) is 11.4. The lowest BCUT2D eigenvalue weighted by atomic mass is 9.95. The summed E-state index contributed by atoms with van der Waals surface area (Å²) in [5.41, 5.74) is -0.539. The average molecular weight is 502 g/mol. The van der Waals surface area contributed by atoms with Crippen molar-refractivity contribution in [3.05, 3.63) is 101 Å². The van der Waals surface area contributed by atoms with Gasteiger partial charge < -0.3 is 0 Å². The van der Waals surface area contributed by atoms with Crippen LogP contribution in [0.3, 0.4) is 0 Å². The van der Waals surface area contributed by atoms with E-state index in [1.54, 1.807) is 6.07 Å². The van der Waals surface area contributed by atoms with Gasteiger partial charge in [0.05, 0.1) is 11.1 Å². The van der Waals surface area contributed by atoms with Gasteiger partial charge in [0, 0.05) is 17.0 Å². The summed E-state index contributed by atoms with van der Waals surface area (Å²) in [5.74, 6) is -5.03. The molecule has 0 unspecified atom stereocenters. The smallest absolute Gasteiger partial charge is 0.206 e. The van der Waals surface area contributed by atoms with Gasteiger partial charge >= 0.3 is 0 Å². The molecule has 0 spiro atoms. The molecular weight excluding hydrogens is 481 g/mol. The summed E-state index contributed by atoms with van der Waals surface area (Å²) >= 11 is 0. The van der Waals surface area contributed by atoms with Crippen LogP contribution >= 0.6 is 0 Å². The second-order valence-corrected chi connectivity index (χ2v) is 8.54. The normalized spacial score (nSPS) is 11.2. The largest absolute Gasteiger partial charge is 0.271 e. The van der Waals surface area contributed by atoms with Crippen LogP contribution in [0.2, 0.25) is 0 Å². The Hall–Kier alpha value is -3.61. The minimum Gasteiger partial charge on any atom is -0.206 e. The van der Waals surface area contributed by atoms with Crippen molar-refractivity contribution in [3.63, 3.8) is 0 Å². The van der Waals surface area contributed by atoms with E-state index in [1.807, 2.05) is 0 Å². The molecule has 0 saturated heterocycles. The SMILES string of the molecule is CCCCCc1ccc(-c2cc(F)c(-c3ccc4c(F)c(C=C(F)F)c(F)cc4c3)c(F)c2)c(F)c1. The van der Waals surface area contributed by atoms with E-state index in [2.05, 4.69) is 6.92 Å². The molecule has 0 fully saturated rings. The van der Waals surface area contributed by atoms with Crippen LogP contribution < -0.4 is 0 Å². The first-order chi connectivity index (χ1) is 17.2. The Kier molecular flexibility index (Phi) is 7.48. The van der Waals surface area contributed by atoms with Crippen molar-refractivity contribution in [3.8, 4) is 22.3 Å². The maximum absolute atomic E-state index is 15.1. The van der Waals surface area contributed by atoms with Crippen LogP contribution in [0.1, 0.15) is 37.3 Å². The molecule has 0 amide bonds. The Morgan fingerprint density at radius 2 is 1.44 bits per heavy atom. The van der Waals surface area contributed by atoms with Gasteiger partial charge in [-0.2, -0.15) is 8.78 Å². The van der Waals surface area contributed by atoms with Gasteiger partial charge in [-0.1, -0.05) is 44.0 Å². The highest BCUT2D eigenvalue weighted by Gasteiger charge is 2.19. The van der Waals surface area contributed by atoms with E-state index in [9.17, 15) is 22.0 Å². The average Bonchev–Trinajstić information content (AvgIpc) is 2.81. The van der Waals surface area contributed by atoms with Crippen LogP contribution in [-0.4, -0.2) is 0 Å². The Labute approximate surface area is 203 Å². The van der Waals surface area contributed by atoms with E-state index in [4.69, 9.17) is 0 Å². The summed E-state index contributed by atoms with van der Waals surface area (Å²) in [7, 11) is 0. The third kappa shape index (κ3) is 5.15. The number of benzene rings is 4. The third-order valence-electron chi connectivity index (χ3n) is 6.06. The molecule has 0 atom stereocenters. The van der Waals surface area contributed by atoms with Crippen LogP contribution in [0.5, 0.6) is 0 Å². The molecule has 4 rings (SSSR count). The van der Waals surface area contributed by atoms with E-state index in [0.717, 1.165) is 55.2 Å². The molecule has 0 aliphatic rings. The van der Waals surface area contributed by atoms with Crippen LogP contribution in [0.25, 0.3) is 39.1 Å². The van der Waals surface area contributed by atoms with E-state index in [0.29, 0.717) is 6.42 Å². The van der Waals surface area contributed by atoms with Crippen LogP contribution in [0.4, 0.5) is 30.7 Å². The predicted molar refractivity (Wildman–Crippen MR) is 128 cm³/mol. The predicted octanol–water partition coefficient (Wildman–Crippen LogP) is 9.84. The zero-order valence-corrected chi connectivity index (χ0v) is 19.2. The van der Waals surface area contributed by atoms with Crippen molar-refractivity contribution in [1.82, 2.24) is 0 Å². The van der Waals surface area contributed by atoms with Gasteiger partial charge in [0.15, 0.2) is 0 Å². The minimum absolute atomic E-state index is 0.00825. The lowest BCUT2D eigenvalue weighted by Gasteiger charge is -2.12. The number of rotatable bonds is 7. The summed E-state index contributed by atoms with van der Waals surface area (Å²) in [6.07, 6.45) is 1.48. The summed E-state index contributed by atoms with van der Waals surface area (Å²) in [6.45, 7) is 2.07. The van der Waals surface area contributed by atoms with E-state index >= 15 is 8.78 Å². The van der Waals surface area contributed by atoms with Gasteiger partial charge in [0.25, 0.3) is 6.08 Å². The van der Waals surface area contributed by atoms with Crippen molar-refractivity contribution in [1.29, 1.82) is 0 Å². The highest BCUT2D eigenvalue weighted by atomic mass is 19.3. The number of unbranched alkanes of at least 4 members (excludes halogenated alkanes) is 2. The Morgan fingerprint density at radius 3 is 2.08 bits per heavy atom. The van der Waals surface area contributed by atoms with Gasteiger partial charge in [-0.3, -0.25) is 0 Å². The molecule has 0 radical (unpaired) electrons. The molecule has 0 aromatic heterocycles. The third-order valence-corrected chi connectivity index (χ3v) is 6.06. The molecule has 36 heavy (non-hydrogen) atoms. The molecule has 4 aromatic carbocycles. The van der Waals surface area contributed by atoms with Gasteiger partial charge in [0.2, 0.25) is 0 Å². The van der Waals surface area contributed by atoms with Crippen molar-refractivity contribution in [2.45, 2.75) is 32.6 Å². The lowest BCUT2D eigenvalue weighted by molar-refractivity contribution is 0.428. The Balaban J connectivity index is 1.72. The number of halogens is 7. The summed E-state index contributed by atoms with van der Waals surface area (Å²) < 4.78 is 98.7. The zero-order valence-electron chi connectivity index (χ0n) is 19.2. The number of hydrogen-bond acceptors (Lipinski definition) is 0.